The summed E-state index contributed by atoms with van der Waals surface area (Å²) in [5, 5.41) is 3.92. The second kappa shape index (κ2) is 6.33. The maximum atomic E-state index is 13.4. The largest absolute Gasteiger partial charge is 0.307 e. The Morgan fingerprint density at radius 2 is 1.70 bits per heavy atom. The van der Waals surface area contributed by atoms with Crippen molar-refractivity contribution in [3.63, 3.8) is 0 Å². The van der Waals surface area contributed by atoms with E-state index in [1.165, 1.54) is 6.07 Å². The maximum Gasteiger partial charge on any atom is 0.159 e. The third-order valence-corrected chi connectivity index (χ3v) is 3.62. The summed E-state index contributed by atoms with van der Waals surface area (Å²) in [4.78, 5) is 0. The van der Waals surface area contributed by atoms with Crippen LogP contribution in [0.3, 0.4) is 0 Å². The van der Waals surface area contributed by atoms with Crippen molar-refractivity contribution in [3.8, 4) is 0 Å². The van der Waals surface area contributed by atoms with Crippen LogP contribution in [0.4, 0.5) is 8.78 Å². The molecule has 20 heavy (non-hydrogen) atoms. The number of aryl methyl sites for hydroxylation is 1. The van der Waals surface area contributed by atoms with Gasteiger partial charge in [0.25, 0.3) is 0 Å². The van der Waals surface area contributed by atoms with Gasteiger partial charge in [-0.25, -0.2) is 8.78 Å². The number of rotatable bonds is 4. The first kappa shape index (κ1) is 14.9. The Morgan fingerprint density at radius 1 is 1.05 bits per heavy atom. The smallest absolute Gasteiger partial charge is 0.159 e. The Balaban J connectivity index is 2.44. The van der Waals surface area contributed by atoms with E-state index in [9.17, 15) is 8.78 Å². The normalized spacial score (nSPS) is 12.4. The van der Waals surface area contributed by atoms with E-state index in [1.807, 2.05) is 32.0 Å². The van der Waals surface area contributed by atoms with Gasteiger partial charge in [0.1, 0.15) is 0 Å². The molecule has 0 fully saturated rings. The van der Waals surface area contributed by atoms with Gasteiger partial charge in [0.2, 0.25) is 0 Å². The van der Waals surface area contributed by atoms with Crippen LogP contribution >= 0.6 is 11.6 Å². The first-order chi connectivity index (χ1) is 9.52. The summed E-state index contributed by atoms with van der Waals surface area (Å²) in [6, 6.07) is 9.44. The lowest BCUT2D eigenvalue weighted by molar-refractivity contribution is 0.504. The van der Waals surface area contributed by atoms with Crippen LogP contribution in [0.15, 0.2) is 36.4 Å². The van der Waals surface area contributed by atoms with Gasteiger partial charge < -0.3 is 5.32 Å². The molecule has 0 bridgehead atoms. The molecule has 4 heteroatoms. The molecule has 1 atom stereocenters. The average molecular weight is 296 g/mol. The van der Waals surface area contributed by atoms with Crippen LogP contribution < -0.4 is 5.32 Å². The standard InChI is InChI=1S/C16H16ClF2N/c1-3-20-16(11-5-4-10(2)13(17)8-11)12-6-7-14(18)15(19)9-12/h4-9,16,20H,3H2,1-2H3. The first-order valence-electron chi connectivity index (χ1n) is 6.47. The van der Waals surface area contributed by atoms with Crippen LogP contribution in [0.1, 0.15) is 29.7 Å². The van der Waals surface area contributed by atoms with Gasteiger partial charge in [0.15, 0.2) is 11.6 Å². The molecule has 0 aliphatic rings. The Hall–Kier alpha value is -1.45. The Morgan fingerprint density at radius 3 is 2.30 bits per heavy atom. The zero-order valence-corrected chi connectivity index (χ0v) is 12.1. The molecule has 106 valence electrons. The minimum absolute atomic E-state index is 0.215. The number of hydrogen-bond donors (Lipinski definition) is 1. The average Bonchev–Trinajstić information content (AvgIpc) is 2.43. The highest BCUT2D eigenvalue weighted by atomic mass is 35.5. The predicted octanol–water partition coefficient (Wildman–Crippen LogP) is 4.63. The molecule has 0 saturated carbocycles. The molecule has 0 heterocycles. The van der Waals surface area contributed by atoms with Gasteiger partial charge >= 0.3 is 0 Å². The maximum absolute atomic E-state index is 13.4. The van der Waals surface area contributed by atoms with E-state index in [2.05, 4.69) is 5.32 Å². The van der Waals surface area contributed by atoms with Crippen LogP contribution in [0, 0.1) is 18.6 Å². The van der Waals surface area contributed by atoms with Crippen molar-refractivity contribution in [1.29, 1.82) is 0 Å². The fourth-order valence-corrected chi connectivity index (χ4v) is 2.30. The van der Waals surface area contributed by atoms with Crippen LogP contribution in [0.25, 0.3) is 0 Å². The summed E-state index contributed by atoms with van der Waals surface area (Å²) >= 11 is 6.14. The van der Waals surface area contributed by atoms with Crippen molar-refractivity contribution in [2.24, 2.45) is 0 Å². The summed E-state index contributed by atoms with van der Waals surface area (Å²) < 4.78 is 26.5. The second-order valence-corrected chi connectivity index (χ2v) is 5.08. The third kappa shape index (κ3) is 3.17. The Bertz CT molecular complexity index is 562. The van der Waals surface area contributed by atoms with Crippen molar-refractivity contribution in [1.82, 2.24) is 5.32 Å². The zero-order valence-electron chi connectivity index (χ0n) is 11.4. The van der Waals surface area contributed by atoms with Gasteiger partial charge in [-0.15, -0.1) is 0 Å². The number of halogens is 3. The van der Waals surface area contributed by atoms with E-state index in [0.717, 1.165) is 17.2 Å². The van der Waals surface area contributed by atoms with Crippen LogP contribution in [0.5, 0.6) is 0 Å². The van der Waals surface area contributed by atoms with Gasteiger partial charge in [0, 0.05) is 5.02 Å². The van der Waals surface area contributed by atoms with Crippen molar-refractivity contribution in [2.45, 2.75) is 19.9 Å². The van der Waals surface area contributed by atoms with Gasteiger partial charge in [0.05, 0.1) is 6.04 Å². The van der Waals surface area contributed by atoms with Gasteiger partial charge in [-0.05, 0) is 48.4 Å². The summed E-state index contributed by atoms with van der Waals surface area (Å²) in [6.07, 6.45) is 0. The SMILES string of the molecule is CCNC(c1ccc(F)c(F)c1)c1ccc(C)c(Cl)c1. The highest BCUT2D eigenvalue weighted by Gasteiger charge is 2.15. The number of nitrogens with one attached hydrogen (secondary N) is 1. The van der Waals surface area contributed by atoms with Crippen molar-refractivity contribution in [3.05, 3.63) is 69.7 Å². The van der Waals surface area contributed by atoms with Gasteiger partial charge in [-0.2, -0.15) is 0 Å². The minimum atomic E-state index is -0.844. The number of hydrogen-bond acceptors (Lipinski definition) is 1. The molecule has 1 unspecified atom stereocenters. The lowest BCUT2D eigenvalue weighted by Crippen LogP contribution is -2.22. The Kier molecular flexibility index (Phi) is 4.73. The van der Waals surface area contributed by atoms with E-state index >= 15 is 0 Å². The summed E-state index contributed by atoms with van der Waals surface area (Å²) in [5.74, 6) is -1.69. The lowest BCUT2D eigenvalue weighted by Gasteiger charge is -2.20. The molecular formula is C16H16ClF2N. The molecule has 0 amide bonds. The van der Waals surface area contributed by atoms with Crippen molar-refractivity contribution >= 4 is 11.6 Å². The van der Waals surface area contributed by atoms with E-state index in [4.69, 9.17) is 11.6 Å². The second-order valence-electron chi connectivity index (χ2n) is 4.67. The molecule has 2 rings (SSSR count). The monoisotopic (exact) mass is 295 g/mol. The van der Waals surface area contributed by atoms with Crippen LogP contribution in [-0.2, 0) is 0 Å². The first-order valence-corrected chi connectivity index (χ1v) is 6.85. The third-order valence-electron chi connectivity index (χ3n) is 3.21. The molecule has 2 aromatic carbocycles. The van der Waals surface area contributed by atoms with Crippen molar-refractivity contribution < 1.29 is 8.78 Å². The van der Waals surface area contributed by atoms with Gasteiger partial charge in [-0.3, -0.25) is 0 Å². The molecule has 0 saturated heterocycles. The quantitative estimate of drug-likeness (QED) is 0.867. The van der Waals surface area contributed by atoms with Gasteiger partial charge in [-0.1, -0.05) is 36.7 Å². The molecule has 2 aromatic rings. The Labute approximate surface area is 122 Å². The molecular weight excluding hydrogens is 280 g/mol. The topological polar surface area (TPSA) is 12.0 Å². The molecule has 1 N–H and O–H groups in total. The molecule has 0 aliphatic carbocycles. The fraction of sp³-hybridized carbons (Fsp3) is 0.250. The summed E-state index contributed by atoms with van der Waals surface area (Å²) in [7, 11) is 0. The van der Waals surface area contributed by atoms with E-state index < -0.39 is 11.6 Å². The fourth-order valence-electron chi connectivity index (χ4n) is 2.11. The van der Waals surface area contributed by atoms with E-state index in [0.29, 0.717) is 17.1 Å². The minimum Gasteiger partial charge on any atom is -0.307 e. The molecule has 0 spiro atoms. The highest BCUT2D eigenvalue weighted by molar-refractivity contribution is 6.31. The summed E-state index contributed by atoms with van der Waals surface area (Å²) in [5.41, 5.74) is 2.58. The molecule has 0 aromatic heterocycles. The van der Waals surface area contributed by atoms with Crippen LogP contribution in [0.2, 0.25) is 5.02 Å². The van der Waals surface area contributed by atoms with E-state index in [1.54, 1.807) is 6.07 Å². The lowest BCUT2D eigenvalue weighted by atomic mass is 9.97. The molecule has 1 nitrogen and oxygen atoms in total. The highest BCUT2D eigenvalue weighted by Crippen LogP contribution is 2.27. The molecule has 0 aliphatic heterocycles. The van der Waals surface area contributed by atoms with Crippen molar-refractivity contribution in [2.75, 3.05) is 6.54 Å². The zero-order chi connectivity index (χ0) is 14.7. The molecule has 0 radical (unpaired) electrons. The summed E-state index contributed by atoms with van der Waals surface area (Å²) in [6.45, 7) is 4.59. The van der Waals surface area contributed by atoms with E-state index in [-0.39, 0.29) is 6.04 Å². The number of benzene rings is 2. The van der Waals surface area contributed by atoms with Crippen LogP contribution in [-0.4, -0.2) is 6.54 Å². The predicted molar refractivity (Wildman–Crippen MR) is 78.1 cm³/mol.